The number of unbranched alkanes of at least 4 members (excludes halogenated alkanes) is 1. The summed E-state index contributed by atoms with van der Waals surface area (Å²) >= 11 is 0. The third-order valence-corrected chi connectivity index (χ3v) is 6.12. The highest BCUT2D eigenvalue weighted by molar-refractivity contribution is 5.88. The number of carbonyl (C=O) groups is 4. The summed E-state index contributed by atoms with van der Waals surface area (Å²) in [5.41, 5.74) is 0.931. The van der Waals surface area contributed by atoms with Crippen molar-refractivity contribution >= 4 is 23.8 Å². The minimum absolute atomic E-state index is 0.113. The van der Waals surface area contributed by atoms with Crippen LogP contribution >= 0.6 is 0 Å². The molecular weight excluding hydrogens is 495 g/mol. The van der Waals surface area contributed by atoms with E-state index in [0.717, 1.165) is 5.56 Å². The van der Waals surface area contributed by atoms with Crippen molar-refractivity contribution < 1.29 is 42.2 Å². The Morgan fingerprint density at radius 1 is 1.11 bits per heavy atom. The fourth-order valence-corrected chi connectivity index (χ4v) is 4.24. The number of nitrogens with zero attached hydrogens (tertiary/aromatic N) is 1. The van der Waals surface area contributed by atoms with Crippen LogP contribution < -0.4 is 10.6 Å². The molecule has 9 nitrogen and oxygen atoms in total. The van der Waals surface area contributed by atoms with Gasteiger partial charge in [-0.1, -0.05) is 30.3 Å². The van der Waals surface area contributed by atoms with Gasteiger partial charge in [-0.25, -0.2) is 4.79 Å². The number of aryl methyl sites for hydroxylation is 1. The van der Waals surface area contributed by atoms with Crippen molar-refractivity contribution in [2.75, 3.05) is 19.7 Å². The number of halogens is 3. The Kier molecular flexibility index (Phi) is 11.8. The lowest BCUT2D eigenvalue weighted by atomic mass is 10.0. The maximum absolute atomic E-state index is 13.4. The maximum atomic E-state index is 13.4. The molecule has 37 heavy (non-hydrogen) atoms. The van der Waals surface area contributed by atoms with Gasteiger partial charge in [0.1, 0.15) is 12.1 Å². The first-order valence-electron chi connectivity index (χ1n) is 12.4. The third-order valence-electron chi connectivity index (χ3n) is 6.12. The average molecular weight is 530 g/mol. The van der Waals surface area contributed by atoms with Crippen molar-refractivity contribution in [2.24, 2.45) is 0 Å². The summed E-state index contributed by atoms with van der Waals surface area (Å²) < 4.78 is 42.2. The normalized spacial score (nSPS) is 17.2. The van der Waals surface area contributed by atoms with E-state index < -0.39 is 48.1 Å². The van der Waals surface area contributed by atoms with Crippen molar-refractivity contribution in [3.05, 3.63) is 35.9 Å². The first-order chi connectivity index (χ1) is 17.5. The van der Waals surface area contributed by atoms with Gasteiger partial charge in [0.15, 0.2) is 0 Å². The Bertz CT molecular complexity index is 913. The Morgan fingerprint density at radius 2 is 1.81 bits per heavy atom. The zero-order valence-corrected chi connectivity index (χ0v) is 20.8. The van der Waals surface area contributed by atoms with Crippen LogP contribution in [0.2, 0.25) is 0 Å². The van der Waals surface area contributed by atoms with Gasteiger partial charge in [-0.2, -0.15) is 13.2 Å². The monoisotopic (exact) mass is 529 g/mol. The summed E-state index contributed by atoms with van der Waals surface area (Å²) in [4.78, 5) is 50.2. The molecule has 1 aromatic carbocycles. The molecule has 1 heterocycles. The molecule has 1 aliphatic rings. The smallest absolute Gasteiger partial charge is 0.471 e. The van der Waals surface area contributed by atoms with E-state index >= 15 is 0 Å². The van der Waals surface area contributed by atoms with E-state index in [0.29, 0.717) is 25.8 Å². The highest BCUT2D eigenvalue weighted by Gasteiger charge is 2.39. The maximum Gasteiger partial charge on any atom is 0.471 e. The Morgan fingerprint density at radius 3 is 2.43 bits per heavy atom. The first kappa shape index (κ1) is 30.1. The van der Waals surface area contributed by atoms with Gasteiger partial charge in [0.2, 0.25) is 5.91 Å². The number of likely N-dealkylation sites (tertiary alicyclic amines) is 1. The third kappa shape index (κ3) is 9.67. The number of carboxylic acid groups (broad SMARTS) is 1. The number of ether oxygens (including phenoxy) is 1. The molecular formula is C25H34F3N3O6. The van der Waals surface area contributed by atoms with E-state index in [2.05, 4.69) is 5.32 Å². The molecule has 0 bridgehead atoms. The van der Waals surface area contributed by atoms with Crippen molar-refractivity contribution in [3.8, 4) is 0 Å². The summed E-state index contributed by atoms with van der Waals surface area (Å²) in [5.74, 6) is -4.17. The predicted octanol–water partition coefficient (Wildman–Crippen LogP) is 2.43. The largest absolute Gasteiger partial charge is 0.480 e. The second-order valence-electron chi connectivity index (χ2n) is 8.83. The van der Waals surface area contributed by atoms with Crippen LogP contribution in [0.4, 0.5) is 13.2 Å². The number of aliphatic carboxylic acids is 1. The molecule has 3 N–H and O–H groups in total. The zero-order chi connectivity index (χ0) is 27.4. The van der Waals surface area contributed by atoms with E-state index in [-0.39, 0.29) is 38.8 Å². The van der Waals surface area contributed by atoms with E-state index in [1.165, 1.54) is 4.90 Å². The van der Waals surface area contributed by atoms with Crippen molar-refractivity contribution in [3.63, 3.8) is 0 Å². The molecule has 1 aromatic rings. The van der Waals surface area contributed by atoms with Crippen molar-refractivity contribution in [1.29, 1.82) is 0 Å². The van der Waals surface area contributed by atoms with Gasteiger partial charge in [-0.15, -0.1) is 0 Å². The van der Waals surface area contributed by atoms with Crippen molar-refractivity contribution in [1.82, 2.24) is 15.5 Å². The Hall–Kier alpha value is -3.15. The molecule has 0 radical (unpaired) electrons. The molecule has 206 valence electrons. The van der Waals surface area contributed by atoms with Crippen LogP contribution in [0, 0.1) is 0 Å². The number of hydrogen-bond donors (Lipinski definition) is 3. The molecule has 2 amide bonds. The van der Waals surface area contributed by atoms with Gasteiger partial charge in [0.05, 0.1) is 12.6 Å². The van der Waals surface area contributed by atoms with Crippen molar-refractivity contribution in [2.45, 2.75) is 76.2 Å². The van der Waals surface area contributed by atoms with E-state index in [1.54, 1.807) is 12.2 Å². The topological polar surface area (TPSA) is 125 Å². The van der Waals surface area contributed by atoms with Crippen LogP contribution in [0.3, 0.4) is 0 Å². The number of nitrogens with one attached hydrogen (secondary N) is 2. The summed E-state index contributed by atoms with van der Waals surface area (Å²) in [5, 5.41) is 14.5. The van der Waals surface area contributed by atoms with Crippen LogP contribution in [0.15, 0.2) is 30.3 Å². The Labute approximate surface area is 213 Å². The number of carbonyl (C=O) groups excluding carboxylic acids is 3. The van der Waals surface area contributed by atoms with Crippen LogP contribution in [0.1, 0.15) is 51.0 Å². The molecule has 2 rings (SSSR count). The van der Waals surface area contributed by atoms with E-state index in [4.69, 9.17) is 4.74 Å². The van der Waals surface area contributed by atoms with Crippen LogP contribution in [-0.4, -0.2) is 77.8 Å². The first-order valence-corrected chi connectivity index (χ1v) is 12.4. The van der Waals surface area contributed by atoms with Crippen LogP contribution in [0.25, 0.3) is 0 Å². The van der Waals surface area contributed by atoms with Crippen LogP contribution in [0.5, 0.6) is 0 Å². The van der Waals surface area contributed by atoms with Gasteiger partial charge in [-0.05, 0) is 57.4 Å². The SMILES string of the molecule is CCOC(=O)[C@@H]1CCCN1C(=O)[C@H](CCCCNC(=O)C(F)(F)F)N[C@@H](CCc1ccccc1)C(=O)O. The molecule has 3 atom stereocenters. The summed E-state index contributed by atoms with van der Waals surface area (Å²) in [6.07, 6.45) is -2.82. The molecule has 0 spiro atoms. The van der Waals surface area contributed by atoms with Crippen LogP contribution in [-0.2, 0) is 30.3 Å². The second kappa shape index (κ2) is 14.6. The van der Waals surface area contributed by atoms with E-state index in [9.17, 15) is 37.5 Å². The molecule has 0 unspecified atom stereocenters. The quantitative estimate of drug-likeness (QED) is 0.250. The number of esters is 1. The Balaban J connectivity index is 2.08. The van der Waals surface area contributed by atoms with Gasteiger partial charge < -0.3 is 20.1 Å². The number of rotatable bonds is 14. The molecule has 12 heteroatoms. The van der Waals surface area contributed by atoms with Gasteiger partial charge in [-0.3, -0.25) is 19.7 Å². The highest BCUT2D eigenvalue weighted by atomic mass is 19.4. The number of amides is 2. The van der Waals surface area contributed by atoms with Gasteiger partial charge in [0, 0.05) is 13.1 Å². The average Bonchev–Trinajstić information content (AvgIpc) is 3.34. The number of alkyl halides is 3. The predicted molar refractivity (Wildman–Crippen MR) is 127 cm³/mol. The highest BCUT2D eigenvalue weighted by Crippen LogP contribution is 2.21. The number of hydrogen-bond acceptors (Lipinski definition) is 6. The molecule has 1 aliphatic heterocycles. The molecule has 0 saturated carbocycles. The molecule has 0 aliphatic carbocycles. The molecule has 0 aromatic heterocycles. The molecule has 1 fully saturated rings. The fourth-order valence-electron chi connectivity index (χ4n) is 4.24. The minimum atomic E-state index is -4.98. The lowest BCUT2D eigenvalue weighted by Gasteiger charge is -2.30. The number of carboxylic acids is 1. The van der Waals surface area contributed by atoms with Gasteiger partial charge in [0.25, 0.3) is 0 Å². The zero-order valence-electron chi connectivity index (χ0n) is 20.8. The summed E-state index contributed by atoms with van der Waals surface area (Å²) in [6.45, 7) is 1.88. The summed E-state index contributed by atoms with van der Waals surface area (Å²) in [7, 11) is 0. The van der Waals surface area contributed by atoms with Gasteiger partial charge >= 0.3 is 24.0 Å². The minimum Gasteiger partial charge on any atom is -0.480 e. The van der Waals surface area contributed by atoms with E-state index in [1.807, 2.05) is 30.3 Å². The lowest BCUT2D eigenvalue weighted by molar-refractivity contribution is -0.173. The second-order valence-corrected chi connectivity index (χ2v) is 8.83. The fraction of sp³-hybridized carbons (Fsp3) is 0.600. The standard InChI is InChI=1S/C25H34F3N3O6/c1-2-37-23(35)20-12-8-16-31(20)21(32)18(11-6-7-15-29-24(36)25(26,27)28)30-19(22(33)34)14-13-17-9-4-3-5-10-17/h3-5,9-10,18-20,30H,2,6-8,11-16H2,1H3,(H,29,36)(H,33,34)/t18-,19-,20-/m0/s1. The number of benzene rings is 1. The summed E-state index contributed by atoms with van der Waals surface area (Å²) in [6, 6.07) is 6.44. The lowest BCUT2D eigenvalue weighted by Crippen LogP contribution is -2.54. The molecule has 1 saturated heterocycles.